The molecule has 0 unspecified atom stereocenters. The molecule has 0 aliphatic heterocycles. The Morgan fingerprint density at radius 2 is 2.44 bits per heavy atom. The number of alkyl halides is 1. The van der Waals surface area contributed by atoms with Crippen molar-refractivity contribution in [2.24, 2.45) is 0 Å². The summed E-state index contributed by atoms with van der Waals surface area (Å²) in [5.74, 6) is 0. The summed E-state index contributed by atoms with van der Waals surface area (Å²) in [7, 11) is 0. The maximum Gasteiger partial charge on any atom is 0.278 e. The standard InChI is InChI=1S/C11H13FN4O2/c12-11(4-17)2-1-7(3-11)16-6-15-8-9(16)13-5-14-10(8)18/h5-7,17H,1-4H2,(H,13,14,18)/t7-,11-/m0/s1. The van der Waals surface area contributed by atoms with Gasteiger partial charge in [0.2, 0.25) is 0 Å². The Bertz CT molecular complexity index is 637. The van der Waals surface area contributed by atoms with E-state index in [2.05, 4.69) is 15.0 Å². The molecule has 2 atom stereocenters. The fourth-order valence-electron chi connectivity index (χ4n) is 2.56. The van der Waals surface area contributed by atoms with Gasteiger partial charge in [0.15, 0.2) is 11.2 Å². The molecule has 3 rings (SSSR count). The number of nitrogens with one attached hydrogen (secondary N) is 1. The zero-order valence-corrected chi connectivity index (χ0v) is 9.64. The Kier molecular flexibility index (Phi) is 2.44. The molecule has 2 aromatic heterocycles. The largest absolute Gasteiger partial charge is 0.393 e. The number of aliphatic hydroxyl groups is 1. The van der Waals surface area contributed by atoms with E-state index >= 15 is 0 Å². The van der Waals surface area contributed by atoms with Crippen molar-refractivity contribution >= 4 is 11.2 Å². The number of hydrogen-bond donors (Lipinski definition) is 2. The number of rotatable bonds is 2. The molecule has 0 radical (unpaired) electrons. The van der Waals surface area contributed by atoms with Gasteiger partial charge in [0.25, 0.3) is 5.56 Å². The number of aliphatic hydroxyl groups excluding tert-OH is 1. The number of imidazole rings is 1. The SMILES string of the molecule is O=c1[nH]cnc2c1ncn2[C@H]1CC[C@@](F)(CO)C1. The van der Waals surface area contributed by atoms with Crippen LogP contribution in [-0.2, 0) is 0 Å². The highest BCUT2D eigenvalue weighted by atomic mass is 19.1. The summed E-state index contributed by atoms with van der Waals surface area (Å²) in [6.07, 6.45) is 3.98. The molecule has 96 valence electrons. The fraction of sp³-hybridized carbons (Fsp3) is 0.545. The van der Waals surface area contributed by atoms with Crippen LogP contribution in [0.5, 0.6) is 0 Å². The van der Waals surface area contributed by atoms with Crippen molar-refractivity contribution in [1.82, 2.24) is 19.5 Å². The molecule has 18 heavy (non-hydrogen) atoms. The lowest BCUT2D eigenvalue weighted by molar-refractivity contribution is 0.0741. The van der Waals surface area contributed by atoms with Crippen LogP contribution in [0.15, 0.2) is 17.4 Å². The van der Waals surface area contributed by atoms with Gasteiger partial charge >= 0.3 is 0 Å². The van der Waals surface area contributed by atoms with Crippen LogP contribution in [0.2, 0.25) is 0 Å². The van der Waals surface area contributed by atoms with Crippen molar-refractivity contribution < 1.29 is 9.50 Å². The predicted octanol–water partition coefficient (Wildman–Crippen LogP) is 0.545. The first kappa shape index (κ1) is 11.3. The second kappa shape index (κ2) is 3.88. The minimum Gasteiger partial charge on any atom is -0.393 e. The van der Waals surface area contributed by atoms with Gasteiger partial charge in [0.1, 0.15) is 5.67 Å². The first-order valence-corrected chi connectivity index (χ1v) is 5.83. The van der Waals surface area contributed by atoms with Crippen molar-refractivity contribution in [2.75, 3.05) is 6.61 Å². The molecule has 0 saturated heterocycles. The van der Waals surface area contributed by atoms with E-state index in [-0.39, 0.29) is 23.5 Å². The summed E-state index contributed by atoms with van der Waals surface area (Å²) in [5.41, 5.74) is -1.10. The molecule has 1 aliphatic carbocycles. The fourth-order valence-corrected chi connectivity index (χ4v) is 2.56. The lowest BCUT2D eigenvalue weighted by Crippen LogP contribution is -2.24. The summed E-state index contributed by atoms with van der Waals surface area (Å²) >= 11 is 0. The normalized spacial score (nSPS) is 28.0. The van der Waals surface area contributed by atoms with Crippen LogP contribution in [0.4, 0.5) is 4.39 Å². The average Bonchev–Trinajstić information content (AvgIpc) is 2.94. The average molecular weight is 252 g/mol. The van der Waals surface area contributed by atoms with E-state index in [1.807, 2.05) is 0 Å². The molecule has 0 aromatic carbocycles. The monoisotopic (exact) mass is 252 g/mol. The maximum atomic E-state index is 14.0. The topological polar surface area (TPSA) is 83.8 Å². The number of hydrogen-bond acceptors (Lipinski definition) is 4. The van der Waals surface area contributed by atoms with E-state index in [9.17, 15) is 9.18 Å². The molecule has 1 aliphatic rings. The zero-order chi connectivity index (χ0) is 12.8. The van der Waals surface area contributed by atoms with Gasteiger partial charge in [-0.2, -0.15) is 0 Å². The molecule has 0 spiro atoms. The number of aromatic nitrogens is 4. The quantitative estimate of drug-likeness (QED) is 0.817. The second-order valence-corrected chi connectivity index (χ2v) is 4.76. The molecule has 2 aromatic rings. The van der Waals surface area contributed by atoms with Gasteiger partial charge in [-0.3, -0.25) is 4.79 Å². The summed E-state index contributed by atoms with van der Waals surface area (Å²) < 4.78 is 15.7. The minimum absolute atomic E-state index is 0.110. The van der Waals surface area contributed by atoms with Crippen molar-refractivity contribution in [3.63, 3.8) is 0 Å². The van der Waals surface area contributed by atoms with Gasteiger partial charge in [-0.05, 0) is 12.8 Å². The van der Waals surface area contributed by atoms with Gasteiger partial charge in [0.05, 0.1) is 19.3 Å². The predicted molar refractivity (Wildman–Crippen MR) is 62.0 cm³/mol. The van der Waals surface area contributed by atoms with Gasteiger partial charge in [0, 0.05) is 12.5 Å². The Hall–Kier alpha value is -1.76. The van der Waals surface area contributed by atoms with Crippen molar-refractivity contribution in [3.8, 4) is 0 Å². The van der Waals surface area contributed by atoms with E-state index < -0.39 is 12.3 Å². The van der Waals surface area contributed by atoms with E-state index in [1.54, 1.807) is 4.57 Å². The Labute approximate surface area is 101 Å². The van der Waals surface area contributed by atoms with Gasteiger partial charge < -0.3 is 14.7 Å². The van der Waals surface area contributed by atoms with E-state index in [4.69, 9.17) is 5.11 Å². The zero-order valence-electron chi connectivity index (χ0n) is 9.64. The van der Waals surface area contributed by atoms with Crippen molar-refractivity contribution in [3.05, 3.63) is 23.0 Å². The van der Waals surface area contributed by atoms with Crippen LogP contribution < -0.4 is 5.56 Å². The molecule has 1 saturated carbocycles. The van der Waals surface area contributed by atoms with Crippen LogP contribution in [0.3, 0.4) is 0 Å². The second-order valence-electron chi connectivity index (χ2n) is 4.76. The molecule has 7 heteroatoms. The van der Waals surface area contributed by atoms with Crippen LogP contribution >= 0.6 is 0 Å². The highest BCUT2D eigenvalue weighted by Gasteiger charge is 2.40. The lowest BCUT2D eigenvalue weighted by atomic mass is 10.1. The first-order valence-electron chi connectivity index (χ1n) is 5.83. The third kappa shape index (κ3) is 1.62. The van der Waals surface area contributed by atoms with Crippen LogP contribution in [-0.4, -0.2) is 36.9 Å². The van der Waals surface area contributed by atoms with E-state index in [1.165, 1.54) is 12.7 Å². The van der Waals surface area contributed by atoms with Crippen LogP contribution in [0.1, 0.15) is 25.3 Å². The van der Waals surface area contributed by atoms with Crippen molar-refractivity contribution in [2.45, 2.75) is 31.0 Å². The molecule has 2 N–H and O–H groups in total. The summed E-state index contributed by atoms with van der Waals surface area (Å²) in [6, 6.07) is -0.110. The number of aromatic amines is 1. The molecule has 0 bridgehead atoms. The van der Waals surface area contributed by atoms with Crippen molar-refractivity contribution in [1.29, 1.82) is 0 Å². The third-order valence-corrected chi connectivity index (χ3v) is 3.57. The molecule has 6 nitrogen and oxygen atoms in total. The van der Waals surface area contributed by atoms with Crippen LogP contribution in [0.25, 0.3) is 11.2 Å². The highest BCUT2D eigenvalue weighted by molar-refractivity contribution is 5.68. The summed E-state index contributed by atoms with van der Waals surface area (Å²) in [5, 5.41) is 9.03. The number of fused-ring (bicyclic) bond motifs is 1. The molecule has 1 fully saturated rings. The third-order valence-electron chi connectivity index (χ3n) is 3.57. The maximum absolute atomic E-state index is 14.0. The van der Waals surface area contributed by atoms with Gasteiger partial charge in [-0.1, -0.05) is 0 Å². The number of H-pyrrole nitrogens is 1. The minimum atomic E-state index is -1.53. The molecule has 2 heterocycles. The summed E-state index contributed by atoms with van der Waals surface area (Å²) in [4.78, 5) is 22.0. The first-order chi connectivity index (χ1) is 8.63. The van der Waals surface area contributed by atoms with Gasteiger partial charge in [-0.25, -0.2) is 14.4 Å². The highest BCUT2D eigenvalue weighted by Crippen LogP contribution is 2.40. The number of halogens is 1. The summed E-state index contributed by atoms with van der Waals surface area (Å²) in [6.45, 7) is -0.468. The van der Waals surface area contributed by atoms with E-state index in [0.29, 0.717) is 18.5 Å². The Balaban J connectivity index is 2.02. The lowest BCUT2D eigenvalue weighted by Gasteiger charge is -2.16. The number of nitrogens with zero attached hydrogens (tertiary/aromatic N) is 3. The Morgan fingerprint density at radius 1 is 1.61 bits per heavy atom. The molecular formula is C11H13FN4O2. The van der Waals surface area contributed by atoms with Crippen LogP contribution in [0, 0.1) is 0 Å². The van der Waals surface area contributed by atoms with Gasteiger partial charge in [-0.15, -0.1) is 0 Å². The Morgan fingerprint density at radius 3 is 3.17 bits per heavy atom. The smallest absolute Gasteiger partial charge is 0.278 e. The van der Waals surface area contributed by atoms with E-state index in [0.717, 1.165) is 0 Å². The molecule has 0 amide bonds. The molecular weight excluding hydrogens is 239 g/mol.